The van der Waals surface area contributed by atoms with Crippen LogP contribution in [0.5, 0.6) is 0 Å². The smallest absolute Gasteiger partial charge is 0.0280 e. The van der Waals surface area contributed by atoms with Crippen LogP contribution < -0.4 is 5.73 Å². The van der Waals surface area contributed by atoms with Crippen LogP contribution in [-0.2, 0) is 0 Å². The van der Waals surface area contributed by atoms with E-state index in [1.165, 1.54) is 0 Å². The molecule has 0 amide bonds. The molecule has 1 aromatic carbocycles. The van der Waals surface area contributed by atoms with Crippen LogP contribution in [0.1, 0.15) is 28.2 Å². The molecule has 1 heteroatoms. The zero-order valence-corrected chi connectivity index (χ0v) is 5.96. The summed E-state index contributed by atoms with van der Waals surface area (Å²) in [6, 6.07) is 6.67. The average molecular weight is 138 g/mol. The normalized spacial score (nSPS) is 18.8. The molecule has 0 bridgehead atoms. The van der Waals surface area contributed by atoms with Gasteiger partial charge in [-0.25, -0.2) is 0 Å². The van der Waals surface area contributed by atoms with Gasteiger partial charge in [0.25, 0.3) is 0 Å². The maximum absolute atomic E-state index is 7.15. The van der Waals surface area contributed by atoms with E-state index in [1.54, 1.807) is 24.3 Å². The van der Waals surface area contributed by atoms with Crippen LogP contribution in [0, 0.1) is 6.85 Å². The molecule has 1 aromatic rings. The fourth-order valence-corrected chi connectivity index (χ4v) is 0.787. The second-order valence-electron chi connectivity index (χ2n) is 2.41. The molecule has 0 fully saturated rings. The molecule has 0 saturated carbocycles. The van der Waals surface area contributed by atoms with Crippen LogP contribution in [0.3, 0.4) is 0 Å². The molecule has 2 N–H and O–H groups in total. The third-order valence-corrected chi connectivity index (χ3v) is 1.44. The molecule has 1 unspecified atom stereocenters. The molecule has 1 rings (SSSR count). The molecular weight excluding hydrogens is 122 g/mol. The van der Waals surface area contributed by atoms with Gasteiger partial charge in [-0.05, 0) is 19.3 Å². The van der Waals surface area contributed by atoms with Crippen molar-refractivity contribution in [3.63, 3.8) is 0 Å². The van der Waals surface area contributed by atoms with Crippen molar-refractivity contribution in [1.82, 2.24) is 0 Å². The molecule has 0 saturated heterocycles. The first-order chi connectivity index (χ1) is 5.91. The number of benzene rings is 1. The topological polar surface area (TPSA) is 26.0 Å². The van der Waals surface area contributed by atoms with Gasteiger partial charge >= 0.3 is 0 Å². The van der Waals surface area contributed by atoms with Gasteiger partial charge < -0.3 is 5.73 Å². The van der Waals surface area contributed by atoms with Crippen molar-refractivity contribution < 1.29 is 4.11 Å². The lowest BCUT2D eigenvalue weighted by Gasteiger charge is -2.03. The number of nitrogens with two attached hydrogens (primary N) is 1. The molecule has 0 aliphatic carbocycles. The second-order valence-corrected chi connectivity index (χ2v) is 2.41. The predicted octanol–water partition coefficient (Wildman–Crippen LogP) is 2.01. The van der Waals surface area contributed by atoms with Gasteiger partial charge in [0.15, 0.2) is 0 Å². The molecule has 54 valence electrons. The van der Waals surface area contributed by atoms with Crippen LogP contribution in [-0.4, -0.2) is 0 Å². The Morgan fingerprint density at radius 2 is 2.00 bits per heavy atom. The highest BCUT2D eigenvalue weighted by Crippen LogP contribution is 2.09. The average Bonchev–Trinajstić information content (AvgIpc) is 2.03. The van der Waals surface area contributed by atoms with E-state index in [0.29, 0.717) is 5.56 Å². The summed E-state index contributed by atoms with van der Waals surface area (Å²) in [5.74, 6) is 0. The number of hydrogen-bond donors (Lipinski definition) is 1. The van der Waals surface area contributed by atoms with Crippen molar-refractivity contribution in [2.24, 2.45) is 5.73 Å². The first-order valence-corrected chi connectivity index (χ1v) is 3.27. The van der Waals surface area contributed by atoms with Gasteiger partial charge in [-0.15, -0.1) is 0 Å². The Morgan fingerprint density at radius 1 is 1.40 bits per heavy atom. The van der Waals surface area contributed by atoms with E-state index in [2.05, 4.69) is 0 Å². The van der Waals surface area contributed by atoms with Gasteiger partial charge in [0.05, 0.1) is 0 Å². The summed E-state index contributed by atoms with van der Waals surface area (Å²) in [4.78, 5) is 0. The lowest BCUT2D eigenvalue weighted by Crippen LogP contribution is -2.04. The maximum atomic E-state index is 7.15. The minimum atomic E-state index is -2.02. The Morgan fingerprint density at radius 3 is 2.40 bits per heavy atom. The van der Waals surface area contributed by atoms with Crippen LogP contribution >= 0.6 is 0 Å². The number of aryl methyl sites for hydroxylation is 1. The van der Waals surface area contributed by atoms with Crippen molar-refractivity contribution >= 4 is 0 Å². The van der Waals surface area contributed by atoms with Crippen molar-refractivity contribution in [3.05, 3.63) is 35.4 Å². The van der Waals surface area contributed by atoms with Crippen LogP contribution in [0.2, 0.25) is 0 Å². The Bertz CT molecular complexity index is 274. The monoisotopic (exact) mass is 138 g/mol. The molecule has 0 aliphatic rings. The van der Waals surface area contributed by atoms with Gasteiger partial charge in [0.1, 0.15) is 0 Å². The highest BCUT2D eigenvalue weighted by atomic mass is 14.6. The van der Waals surface area contributed by atoms with Gasteiger partial charge in [-0.3, -0.25) is 0 Å². The predicted molar refractivity (Wildman–Crippen MR) is 43.8 cm³/mol. The van der Waals surface area contributed by atoms with Crippen LogP contribution in [0.25, 0.3) is 0 Å². The summed E-state index contributed by atoms with van der Waals surface area (Å²) in [5.41, 5.74) is 6.94. The van der Waals surface area contributed by atoms with E-state index in [-0.39, 0.29) is 6.04 Å². The standard InChI is InChI=1S/C9H13N/c1-7-3-5-9(6-4-7)8(2)10/h3-6,8H,10H2,1-2H3/i1D3. The van der Waals surface area contributed by atoms with E-state index in [4.69, 9.17) is 9.85 Å². The molecule has 0 aromatic heterocycles. The lowest BCUT2D eigenvalue weighted by molar-refractivity contribution is 0.818. The Labute approximate surface area is 66.1 Å². The third kappa shape index (κ3) is 1.58. The largest absolute Gasteiger partial charge is 0.324 e. The highest BCUT2D eigenvalue weighted by Gasteiger charge is 1.95. The van der Waals surface area contributed by atoms with E-state index in [0.717, 1.165) is 5.56 Å². The maximum Gasteiger partial charge on any atom is 0.0280 e. The molecule has 0 heterocycles. The summed E-state index contributed by atoms with van der Waals surface area (Å²) in [6.07, 6.45) is 0. The Hall–Kier alpha value is -0.820. The molecule has 0 spiro atoms. The Balaban J connectivity index is 2.94. The van der Waals surface area contributed by atoms with Crippen LogP contribution in [0.15, 0.2) is 24.3 Å². The minimum Gasteiger partial charge on any atom is -0.324 e. The fraction of sp³-hybridized carbons (Fsp3) is 0.333. The molecule has 1 atom stereocenters. The van der Waals surface area contributed by atoms with Gasteiger partial charge in [0, 0.05) is 10.2 Å². The quantitative estimate of drug-likeness (QED) is 0.631. The molecule has 1 nitrogen and oxygen atoms in total. The molecular formula is C9H13N. The van der Waals surface area contributed by atoms with Crippen molar-refractivity contribution in [2.45, 2.75) is 19.8 Å². The van der Waals surface area contributed by atoms with Crippen molar-refractivity contribution in [2.75, 3.05) is 0 Å². The summed E-state index contributed by atoms with van der Waals surface area (Å²) in [7, 11) is 0. The fourth-order valence-electron chi connectivity index (χ4n) is 0.787. The van der Waals surface area contributed by atoms with Gasteiger partial charge in [-0.1, -0.05) is 29.8 Å². The van der Waals surface area contributed by atoms with Crippen molar-refractivity contribution in [3.8, 4) is 0 Å². The SMILES string of the molecule is [2H]C([2H])([2H])c1ccc(C(C)N)cc1. The van der Waals surface area contributed by atoms with E-state index in [9.17, 15) is 0 Å². The van der Waals surface area contributed by atoms with Gasteiger partial charge in [-0.2, -0.15) is 0 Å². The summed E-state index contributed by atoms with van der Waals surface area (Å²) in [5, 5.41) is 0. The van der Waals surface area contributed by atoms with Crippen LogP contribution in [0.4, 0.5) is 0 Å². The third-order valence-electron chi connectivity index (χ3n) is 1.44. The van der Waals surface area contributed by atoms with E-state index >= 15 is 0 Å². The Kier molecular flexibility index (Phi) is 1.18. The zero-order valence-electron chi connectivity index (χ0n) is 8.96. The number of hydrogen-bond acceptors (Lipinski definition) is 1. The van der Waals surface area contributed by atoms with Gasteiger partial charge in [0.2, 0.25) is 0 Å². The summed E-state index contributed by atoms with van der Waals surface area (Å²) in [6.45, 7) is -0.152. The van der Waals surface area contributed by atoms with E-state index in [1.807, 2.05) is 6.92 Å². The summed E-state index contributed by atoms with van der Waals surface area (Å²) < 4.78 is 21.5. The summed E-state index contributed by atoms with van der Waals surface area (Å²) >= 11 is 0. The zero-order chi connectivity index (χ0) is 10.1. The molecule has 10 heavy (non-hydrogen) atoms. The van der Waals surface area contributed by atoms with Crippen molar-refractivity contribution in [1.29, 1.82) is 0 Å². The first kappa shape index (κ1) is 4.14. The molecule has 0 aliphatic heterocycles. The number of rotatable bonds is 1. The highest BCUT2D eigenvalue weighted by molar-refractivity contribution is 5.23. The second kappa shape index (κ2) is 2.84. The lowest BCUT2D eigenvalue weighted by atomic mass is 10.1. The van der Waals surface area contributed by atoms with E-state index < -0.39 is 6.85 Å². The molecule has 0 radical (unpaired) electrons. The minimum absolute atomic E-state index is 0.0503. The first-order valence-electron chi connectivity index (χ1n) is 4.77.